The van der Waals surface area contributed by atoms with Crippen LogP contribution in [0.2, 0.25) is 0 Å². The highest BCUT2D eigenvalue weighted by Crippen LogP contribution is 2.15. The molecule has 0 N–H and O–H groups in total. The van der Waals surface area contributed by atoms with Gasteiger partial charge >= 0.3 is 53.7 Å². The number of carbonyl (C=O) groups excluding carboxylic acids is 9. The summed E-state index contributed by atoms with van der Waals surface area (Å²) in [5.74, 6) is 8.80. The van der Waals surface area contributed by atoms with E-state index in [1.807, 2.05) is 180 Å². The van der Waals surface area contributed by atoms with Crippen molar-refractivity contribution >= 4 is 53.7 Å². The number of rotatable bonds is 29. The molecule has 0 rings (SSSR count). The van der Waals surface area contributed by atoms with Gasteiger partial charge in [-0.3, -0.25) is 43.2 Å². The summed E-state index contributed by atoms with van der Waals surface area (Å²) in [7, 11) is 0. The average Bonchev–Trinajstić information content (AvgIpc) is 1.02. The van der Waals surface area contributed by atoms with Gasteiger partial charge in [0.25, 0.3) is 0 Å². The molecule has 2 atom stereocenters. The van der Waals surface area contributed by atoms with Gasteiger partial charge in [-0.15, -0.1) is 19.3 Å². The molecule has 0 bridgehead atoms. The summed E-state index contributed by atoms with van der Waals surface area (Å²) in [5, 5.41) is 0. The molecule has 0 aliphatic rings. The lowest BCUT2D eigenvalue weighted by atomic mass is 10.1. The van der Waals surface area contributed by atoms with E-state index in [-0.39, 0.29) is 78.1 Å². The third-order valence-electron chi connectivity index (χ3n) is 9.72. The fourth-order valence-electron chi connectivity index (χ4n) is 5.62. The van der Waals surface area contributed by atoms with Crippen LogP contribution in [-0.4, -0.2) is 109 Å². The second-order valence-electron chi connectivity index (χ2n) is 28.3. The van der Waals surface area contributed by atoms with Crippen molar-refractivity contribution in [3.8, 4) is 37.0 Å². The van der Waals surface area contributed by atoms with E-state index in [2.05, 4.69) is 42.2 Å². The molecule has 18 nitrogen and oxygen atoms in total. The zero-order valence-corrected chi connectivity index (χ0v) is 65.8. The lowest BCUT2D eigenvalue weighted by molar-refractivity contribution is -0.156. The molecule has 0 aliphatic carbocycles. The number of terminal acetylenes is 3. The van der Waals surface area contributed by atoms with Gasteiger partial charge in [0, 0.05) is 57.8 Å². The Morgan fingerprint density at radius 2 is 0.698 bits per heavy atom. The van der Waals surface area contributed by atoms with Crippen molar-refractivity contribution in [2.24, 2.45) is 53.3 Å². The zero-order valence-electron chi connectivity index (χ0n) is 65.8. The minimum atomic E-state index is -0.772. The van der Waals surface area contributed by atoms with E-state index in [1.54, 1.807) is 45.9 Å². The maximum atomic E-state index is 11.2. The van der Waals surface area contributed by atoms with Gasteiger partial charge in [-0.25, -0.2) is 0 Å². The van der Waals surface area contributed by atoms with Crippen molar-refractivity contribution in [2.75, 3.05) is 19.8 Å². The molecule has 0 saturated heterocycles. The minimum Gasteiger partial charge on any atom is -0.466 e. The molecule has 0 aromatic carbocycles. The van der Waals surface area contributed by atoms with Crippen LogP contribution < -0.4 is 0 Å². The van der Waals surface area contributed by atoms with Crippen LogP contribution in [0.3, 0.4) is 0 Å². The SMILES string of the molecule is C#CC(C)(C)OC(=O)CC(C)C.C#CC(C)OC(=O)CC(C)C.C#CCOC(=O)CC(C)C.C=CC(C)(C)OC(=O)CC(C)C.C=CC(C)OC(=O)CC(C)C.C=CCOC(=O)CC(C)C.CC(C)CC(=O)OC(C)(C)C.CC(C)CC(=O)OC(C)C.CCOC(=O)CC(C)C. The molecule has 0 aliphatic heterocycles. The first-order valence-corrected chi connectivity index (χ1v) is 33.6. The molecular formula is C78H138O18. The van der Waals surface area contributed by atoms with Crippen LogP contribution in [0.5, 0.6) is 0 Å². The standard InChI is InChI=1S/C10H18O2.C10H16O2.C9H18O2.C9H16O2.C9H14O2.C8H16O2.C8H14O2.C8H12O2.C7H14O2/c2*1-6-10(4,5)12-9(11)7-8(2)3;1-7(2)6-8(10)11-9(3,4)5;2*1-5-8(4)11-9(10)6-7(2)3;1-6(2)5-8(9)10-7(3)4;2*1-4-5-10-8(9)6-7(2)3;1-4-9-7(8)5-6(2)3/h6,8H,1,7H2,2-5H3;1,8H,7H2,2-5H3;7H,6H2,1-5H3;5,7-8H,1,6H2,2-4H3;1,7-8H,6H2,2-4H3;6-7H,5H2,1-4H3;4,7H,1,5-6H2,2-3H3;1,7H,5-6H2,2-3H3;6H,4-5H2,1-3H3. The number of esters is 9. The topological polar surface area (TPSA) is 237 Å². The predicted octanol–water partition coefficient (Wildman–Crippen LogP) is 17.2. The van der Waals surface area contributed by atoms with Crippen molar-refractivity contribution in [1.82, 2.24) is 0 Å². The van der Waals surface area contributed by atoms with Crippen LogP contribution in [0.15, 0.2) is 38.0 Å². The first kappa shape index (κ1) is 108. The van der Waals surface area contributed by atoms with E-state index in [9.17, 15) is 43.2 Å². The Morgan fingerprint density at radius 3 is 0.979 bits per heavy atom. The molecule has 558 valence electrons. The van der Waals surface area contributed by atoms with Crippen molar-refractivity contribution < 1.29 is 85.8 Å². The maximum Gasteiger partial charge on any atom is 0.307 e. The third-order valence-corrected chi connectivity index (χ3v) is 9.72. The lowest BCUT2D eigenvalue weighted by Crippen LogP contribution is -2.26. The van der Waals surface area contributed by atoms with Crippen LogP contribution in [0.4, 0.5) is 0 Å². The Balaban J connectivity index is -0.000000127. The Kier molecular flexibility index (Phi) is 73.5. The molecule has 96 heavy (non-hydrogen) atoms. The number of hydrogen-bond acceptors (Lipinski definition) is 18. The van der Waals surface area contributed by atoms with Crippen LogP contribution in [-0.2, 0) is 85.8 Å². The predicted molar refractivity (Wildman–Crippen MR) is 389 cm³/mol. The number of ether oxygens (including phenoxy) is 9. The average molecular weight is 1360 g/mol. The normalized spacial score (nSPS) is 11.0. The minimum absolute atomic E-state index is 0.0197. The monoisotopic (exact) mass is 1360 g/mol. The molecule has 18 heteroatoms. The van der Waals surface area contributed by atoms with Crippen molar-refractivity contribution in [3.05, 3.63) is 38.0 Å². The second-order valence-corrected chi connectivity index (χ2v) is 28.3. The molecule has 0 heterocycles. The second kappa shape index (κ2) is 65.4. The van der Waals surface area contributed by atoms with Crippen LogP contribution in [0, 0.1) is 90.3 Å². The van der Waals surface area contributed by atoms with Crippen molar-refractivity contribution in [2.45, 2.75) is 301 Å². The number of hydrogen-bond donors (Lipinski definition) is 0. The molecule has 2 unspecified atom stereocenters. The van der Waals surface area contributed by atoms with Gasteiger partial charge in [0.15, 0.2) is 18.3 Å². The summed E-state index contributed by atoms with van der Waals surface area (Å²) in [6.45, 7) is 68.8. The van der Waals surface area contributed by atoms with Crippen LogP contribution >= 0.6 is 0 Å². The van der Waals surface area contributed by atoms with Crippen molar-refractivity contribution in [1.29, 1.82) is 0 Å². The summed E-state index contributed by atoms with van der Waals surface area (Å²) in [4.78, 5) is 98.1. The van der Waals surface area contributed by atoms with E-state index >= 15 is 0 Å². The van der Waals surface area contributed by atoms with E-state index in [0.29, 0.717) is 124 Å². The molecule has 0 spiro atoms. The van der Waals surface area contributed by atoms with Gasteiger partial charge < -0.3 is 42.6 Å². The smallest absolute Gasteiger partial charge is 0.307 e. The van der Waals surface area contributed by atoms with Gasteiger partial charge in [0.2, 0.25) is 0 Å². The quantitative estimate of drug-likeness (QED) is 0.0293. The summed E-state index contributed by atoms with van der Waals surface area (Å²) in [5.41, 5.74) is -1.65. The van der Waals surface area contributed by atoms with Gasteiger partial charge in [0.1, 0.15) is 23.9 Å². The van der Waals surface area contributed by atoms with Gasteiger partial charge in [0.05, 0.1) is 12.7 Å². The molecule has 0 radical (unpaired) electrons. The Morgan fingerprint density at radius 1 is 0.396 bits per heavy atom. The highest BCUT2D eigenvalue weighted by molar-refractivity contribution is 5.73. The van der Waals surface area contributed by atoms with Gasteiger partial charge in [-0.2, -0.15) is 0 Å². The molecule has 0 amide bonds. The van der Waals surface area contributed by atoms with E-state index in [1.165, 1.54) is 0 Å². The maximum absolute atomic E-state index is 11.2. The third kappa shape index (κ3) is 109. The summed E-state index contributed by atoms with van der Waals surface area (Å²) in [6, 6.07) is 0. The summed E-state index contributed by atoms with van der Waals surface area (Å²) >= 11 is 0. The fraction of sp³-hybridized carbons (Fsp3) is 0.731. The zero-order chi connectivity index (χ0) is 77.7. The Bertz CT molecular complexity index is 2220. The molecule has 0 aromatic rings. The lowest BCUT2D eigenvalue weighted by Gasteiger charge is -2.21. The molecular weight excluding hydrogens is 1220 g/mol. The fourth-order valence-corrected chi connectivity index (χ4v) is 5.62. The highest BCUT2D eigenvalue weighted by atomic mass is 16.6. The largest absolute Gasteiger partial charge is 0.466 e. The van der Waals surface area contributed by atoms with E-state index in [0.717, 1.165) is 0 Å². The first-order valence-electron chi connectivity index (χ1n) is 33.6. The van der Waals surface area contributed by atoms with Gasteiger partial charge in [-0.1, -0.05) is 174 Å². The first-order chi connectivity index (χ1) is 43.7. The Labute approximate surface area is 585 Å². The van der Waals surface area contributed by atoms with E-state index in [4.69, 9.17) is 57.2 Å². The Hall–Kier alpha value is -6.87. The van der Waals surface area contributed by atoms with Crippen molar-refractivity contribution in [3.63, 3.8) is 0 Å². The number of carbonyl (C=O) groups is 9. The summed E-state index contributed by atoms with van der Waals surface area (Å²) < 4.78 is 44.1. The molecule has 0 fully saturated rings. The van der Waals surface area contributed by atoms with Crippen LogP contribution in [0.25, 0.3) is 0 Å². The molecule has 0 aromatic heterocycles. The molecule has 0 saturated carbocycles. The van der Waals surface area contributed by atoms with Gasteiger partial charge in [-0.05, 0) is 142 Å². The van der Waals surface area contributed by atoms with Crippen LogP contribution in [0.1, 0.15) is 265 Å². The summed E-state index contributed by atoms with van der Waals surface area (Å²) in [6.07, 6.45) is 23.6. The van der Waals surface area contributed by atoms with E-state index < -0.39 is 17.3 Å². The highest BCUT2D eigenvalue weighted by Gasteiger charge is 2.21.